The van der Waals surface area contributed by atoms with Gasteiger partial charge in [0.2, 0.25) is 5.91 Å². The minimum atomic E-state index is -0.0820. The lowest BCUT2D eigenvalue weighted by molar-refractivity contribution is -0.122. The lowest BCUT2D eigenvalue weighted by atomic mass is 10.1. The lowest BCUT2D eigenvalue weighted by Gasteiger charge is -2.16. The first-order valence-electron chi connectivity index (χ1n) is 6.15. The lowest BCUT2D eigenvalue weighted by Crippen LogP contribution is -2.40. The molecule has 0 aromatic heterocycles. The van der Waals surface area contributed by atoms with Gasteiger partial charge in [0.25, 0.3) is 0 Å². The van der Waals surface area contributed by atoms with E-state index in [0.717, 1.165) is 0 Å². The average Bonchev–Trinajstić information content (AvgIpc) is 2.27. The predicted molar refractivity (Wildman–Crippen MR) is 76.6 cm³/mol. The molecular weight excluding hydrogens is 264 g/mol. The van der Waals surface area contributed by atoms with Crippen molar-refractivity contribution in [3.05, 3.63) is 34.9 Å². The molecule has 0 saturated heterocycles. The minimum Gasteiger partial charge on any atom is -0.353 e. The molecule has 0 aliphatic rings. The summed E-state index contributed by atoms with van der Waals surface area (Å²) in [4.78, 5) is 25.2. The van der Waals surface area contributed by atoms with E-state index in [9.17, 15) is 9.59 Å². The van der Waals surface area contributed by atoms with Gasteiger partial charge in [-0.05, 0) is 45.2 Å². The molecule has 0 heterocycles. The molecule has 104 valence electrons. The third-order valence-corrected chi connectivity index (χ3v) is 2.69. The third kappa shape index (κ3) is 5.85. The van der Waals surface area contributed by atoms with Crippen molar-refractivity contribution in [2.24, 2.45) is 0 Å². The summed E-state index contributed by atoms with van der Waals surface area (Å²) in [5.41, 5.74) is 0.598. The van der Waals surface area contributed by atoms with Crippen LogP contribution in [0.2, 0.25) is 5.02 Å². The highest BCUT2D eigenvalue weighted by Crippen LogP contribution is 2.10. The van der Waals surface area contributed by atoms with Crippen molar-refractivity contribution in [2.75, 3.05) is 20.1 Å². The van der Waals surface area contributed by atoms with E-state index < -0.39 is 0 Å². The van der Waals surface area contributed by atoms with Gasteiger partial charge in [-0.1, -0.05) is 11.6 Å². The Bertz CT molecular complexity index is 443. The Balaban J connectivity index is 2.48. The first-order chi connectivity index (χ1) is 8.88. The van der Waals surface area contributed by atoms with Gasteiger partial charge in [0.05, 0.1) is 13.1 Å². The zero-order valence-electron chi connectivity index (χ0n) is 11.4. The Labute approximate surface area is 118 Å². The molecule has 4 nitrogen and oxygen atoms in total. The van der Waals surface area contributed by atoms with Crippen molar-refractivity contribution in [1.29, 1.82) is 0 Å². The number of halogens is 1. The zero-order valence-corrected chi connectivity index (χ0v) is 12.2. The van der Waals surface area contributed by atoms with Crippen LogP contribution >= 0.6 is 11.6 Å². The Morgan fingerprint density at radius 1 is 1.21 bits per heavy atom. The highest BCUT2D eigenvalue weighted by atomic mass is 35.5. The van der Waals surface area contributed by atoms with Crippen molar-refractivity contribution in [3.8, 4) is 0 Å². The molecule has 1 aromatic carbocycles. The molecule has 0 bridgehead atoms. The minimum absolute atomic E-state index is 0.0310. The van der Waals surface area contributed by atoms with Crippen molar-refractivity contribution in [1.82, 2.24) is 10.2 Å². The van der Waals surface area contributed by atoms with Gasteiger partial charge in [0, 0.05) is 16.6 Å². The third-order valence-electron chi connectivity index (χ3n) is 2.44. The maximum atomic E-state index is 12.0. The fourth-order valence-corrected chi connectivity index (χ4v) is 1.77. The summed E-state index contributed by atoms with van der Waals surface area (Å²) in [6.07, 6.45) is 0. The van der Waals surface area contributed by atoms with Gasteiger partial charge in [0.1, 0.15) is 0 Å². The first-order valence-corrected chi connectivity index (χ1v) is 6.53. The summed E-state index contributed by atoms with van der Waals surface area (Å²) in [6.45, 7) is 4.21. The molecule has 0 fully saturated rings. The predicted octanol–water partition coefficient (Wildman–Crippen LogP) is 1.98. The van der Waals surface area contributed by atoms with Gasteiger partial charge in [-0.15, -0.1) is 0 Å². The van der Waals surface area contributed by atoms with Crippen LogP contribution < -0.4 is 5.32 Å². The summed E-state index contributed by atoms with van der Waals surface area (Å²) in [5.74, 6) is -0.113. The van der Waals surface area contributed by atoms with Crippen LogP contribution in [0.4, 0.5) is 0 Å². The molecule has 0 aliphatic heterocycles. The van der Waals surface area contributed by atoms with E-state index in [2.05, 4.69) is 5.32 Å². The standard InChI is InChI=1S/C14H19ClN2O2/c1-10(2)16-14(19)9-17(3)8-13(18)11-4-6-12(15)7-5-11/h4-7,10H,8-9H2,1-3H3,(H,16,19). The van der Waals surface area contributed by atoms with Crippen LogP contribution in [0.15, 0.2) is 24.3 Å². The number of rotatable bonds is 6. The number of benzene rings is 1. The number of likely N-dealkylation sites (N-methyl/N-ethyl adjacent to an activating group) is 1. The van der Waals surface area contributed by atoms with E-state index in [1.54, 1.807) is 36.2 Å². The molecule has 0 spiro atoms. The number of ketones is 1. The second-order valence-electron chi connectivity index (χ2n) is 4.82. The molecular formula is C14H19ClN2O2. The highest BCUT2D eigenvalue weighted by Gasteiger charge is 2.12. The van der Waals surface area contributed by atoms with Crippen molar-refractivity contribution in [2.45, 2.75) is 19.9 Å². The van der Waals surface area contributed by atoms with Crippen molar-refractivity contribution in [3.63, 3.8) is 0 Å². The molecule has 1 rings (SSSR count). The topological polar surface area (TPSA) is 49.4 Å². The quantitative estimate of drug-likeness (QED) is 0.812. The molecule has 0 atom stereocenters. The molecule has 1 amide bonds. The van der Waals surface area contributed by atoms with Crippen LogP contribution in [0, 0.1) is 0 Å². The van der Waals surface area contributed by atoms with Crippen LogP contribution in [-0.4, -0.2) is 42.8 Å². The van der Waals surface area contributed by atoms with Gasteiger partial charge in [-0.25, -0.2) is 0 Å². The molecule has 0 saturated carbocycles. The normalized spacial score (nSPS) is 10.8. The molecule has 0 aliphatic carbocycles. The van der Waals surface area contributed by atoms with Gasteiger partial charge in [-0.2, -0.15) is 0 Å². The van der Waals surface area contributed by atoms with E-state index in [4.69, 9.17) is 11.6 Å². The summed E-state index contributed by atoms with van der Waals surface area (Å²) in [5, 5.41) is 3.38. The molecule has 0 unspecified atom stereocenters. The second-order valence-corrected chi connectivity index (χ2v) is 5.26. The summed E-state index contributed by atoms with van der Waals surface area (Å²) >= 11 is 5.76. The fourth-order valence-electron chi connectivity index (χ4n) is 1.64. The van der Waals surface area contributed by atoms with Gasteiger partial charge in [0.15, 0.2) is 5.78 Å². The van der Waals surface area contributed by atoms with Crippen molar-refractivity contribution >= 4 is 23.3 Å². The number of amides is 1. The Morgan fingerprint density at radius 3 is 2.32 bits per heavy atom. The van der Waals surface area contributed by atoms with E-state index >= 15 is 0 Å². The number of carbonyl (C=O) groups excluding carboxylic acids is 2. The number of nitrogens with zero attached hydrogens (tertiary/aromatic N) is 1. The smallest absolute Gasteiger partial charge is 0.234 e. The molecule has 1 aromatic rings. The summed E-state index contributed by atoms with van der Waals surface area (Å²) in [6, 6.07) is 6.84. The number of nitrogens with one attached hydrogen (secondary N) is 1. The number of hydrogen-bond acceptors (Lipinski definition) is 3. The molecule has 19 heavy (non-hydrogen) atoms. The first kappa shape index (κ1) is 15.7. The van der Waals surface area contributed by atoms with Crippen LogP contribution in [-0.2, 0) is 4.79 Å². The van der Waals surface area contributed by atoms with Crippen LogP contribution in [0.1, 0.15) is 24.2 Å². The monoisotopic (exact) mass is 282 g/mol. The van der Waals surface area contributed by atoms with Gasteiger partial charge in [-0.3, -0.25) is 14.5 Å². The molecule has 0 radical (unpaired) electrons. The average molecular weight is 283 g/mol. The Morgan fingerprint density at radius 2 is 1.79 bits per heavy atom. The maximum Gasteiger partial charge on any atom is 0.234 e. The second kappa shape index (κ2) is 7.26. The number of carbonyl (C=O) groups is 2. The van der Waals surface area contributed by atoms with Crippen LogP contribution in [0.3, 0.4) is 0 Å². The Hall–Kier alpha value is -1.39. The summed E-state index contributed by atoms with van der Waals surface area (Å²) < 4.78 is 0. The van der Waals surface area contributed by atoms with Gasteiger partial charge < -0.3 is 5.32 Å². The number of Topliss-reactive ketones (excluding diaryl/α,β-unsaturated/α-hetero) is 1. The largest absolute Gasteiger partial charge is 0.353 e. The van der Waals surface area contributed by atoms with E-state index in [1.165, 1.54) is 0 Å². The zero-order chi connectivity index (χ0) is 14.4. The molecule has 1 N–H and O–H groups in total. The Kier molecular flexibility index (Phi) is 5.99. The highest BCUT2D eigenvalue weighted by molar-refractivity contribution is 6.30. The fraction of sp³-hybridized carbons (Fsp3) is 0.429. The SMILES string of the molecule is CC(C)NC(=O)CN(C)CC(=O)c1ccc(Cl)cc1. The van der Waals surface area contributed by atoms with Gasteiger partial charge >= 0.3 is 0 Å². The van der Waals surface area contributed by atoms with E-state index in [0.29, 0.717) is 10.6 Å². The van der Waals surface area contributed by atoms with Crippen molar-refractivity contribution < 1.29 is 9.59 Å². The maximum absolute atomic E-state index is 12.0. The summed E-state index contributed by atoms with van der Waals surface area (Å²) in [7, 11) is 1.74. The van der Waals surface area contributed by atoms with Crippen LogP contribution in [0.5, 0.6) is 0 Å². The van der Waals surface area contributed by atoms with Crippen LogP contribution in [0.25, 0.3) is 0 Å². The van der Waals surface area contributed by atoms with E-state index in [-0.39, 0.29) is 30.8 Å². The molecule has 5 heteroatoms. The van der Waals surface area contributed by atoms with E-state index in [1.807, 2.05) is 13.8 Å². The number of hydrogen-bond donors (Lipinski definition) is 1.